The summed E-state index contributed by atoms with van der Waals surface area (Å²) in [6, 6.07) is 8.66. The van der Waals surface area contributed by atoms with Crippen molar-refractivity contribution in [3.05, 3.63) is 41.5 Å². The van der Waals surface area contributed by atoms with Crippen LogP contribution in [0.2, 0.25) is 0 Å². The first-order valence-corrected chi connectivity index (χ1v) is 10.6. The van der Waals surface area contributed by atoms with Gasteiger partial charge >= 0.3 is 0 Å². The minimum Gasteiger partial charge on any atom is -0.493 e. The Bertz CT molecular complexity index is 1100. The number of methoxy groups -OCH3 is 3. The molecule has 0 saturated carbocycles. The smallest absolute Gasteiger partial charge is 0.246 e. The average Bonchev–Trinajstić information content (AvgIpc) is 2.98. The Kier molecular flexibility index (Phi) is 4.42. The summed E-state index contributed by atoms with van der Waals surface area (Å²) in [6.07, 6.45) is 0. The van der Waals surface area contributed by atoms with E-state index in [1.54, 1.807) is 44.2 Å². The molecule has 2 aliphatic rings. The molecule has 0 aromatic heterocycles. The van der Waals surface area contributed by atoms with Crippen LogP contribution in [-0.2, 0) is 9.84 Å². The molecule has 154 valence electrons. The maximum absolute atomic E-state index is 12.6. The second-order valence-electron chi connectivity index (χ2n) is 7.25. The zero-order chi connectivity index (χ0) is 21.0. The van der Waals surface area contributed by atoms with Gasteiger partial charge in [0.15, 0.2) is 32.8 Å². The van der Waals surface area contributed by atoms with Crippen LogP contribution in [0.1, 0.15) is 25.0 Å². The monoisotopic (exact) mass is 418 g/mol. The summed E-state index contributed by atoms with van der Waals surface area (Å²) < 4.78 is 52.9. The molecule has 4 rings (SSSR count). The van der Waals surface area contributed by atoms with Gasteiger partial charge in [0, 0.05) is 13.8 Å². The molecule has 2 aromatic rings. The summed E-state index contributed by atoms with van der Waals surface area (Å²) in [4.78, 5) is 0.267. The number of fused-ring (bicyclic) bond motifs is 1. The van der Waals surface area contributed by atoms with Gasteiger partial charge in [0.05, 0.1) is 32.0 Å². The molecule has 0 aliphatic carbocycles. The molecular weight excluding hydrogens is 396 g/mol. The van der Waals surface area contributed by atoms with E-state index in [1.165, 1.54) is 21.3 Å². The number of hydrogen-bond donors (Lipinski definition) is 0. The van der Waals surface area contributed by atoms with Crippen LogP contribution < -0.4 is 23.7 Å². The lowest BCUT2D eigenvalue weighted by Crippen LogP contribution is -2.29. The van der Waals surface area contributed by atoms with Crippen molar-refractivity contribution in [2.24, 2.45) is 0 Å². The highest BCUT2D eigenvalue weighted by molar-refractivity contribution is 8.03. The largest absolute Gasteiger partial charge is 0.493 e. The van der Waals surface area contributed by atoms with E-state index in [9.17, 15) is 8.42 Å². The quantitative estimate of drug-likeness (QED) is 0.735. The van der Waals surface area contributed by atoms with E-state index in [2.05, 4.69) is 0 Å². The molecule has 0 fully saturated rings. The van der Waals surface area contributed by atoms with E-state index < -0.39 is 15.6 Å². The molecule has 29 heavy (non-hydrogen) atoms. The van der Waals surface area contributed by atoms with Gasteiger partial charge in [-0.05, 0) is 47.0 Å². The Morgan fingerprint density at radius 2 is 1.48 bits per heavy atom. The van der Waals surface area contributed by atoms with Crippen molar-refractivity contribution < 1.29 is 32.1 Å². The van der Waals surface area contributed by atoms with Gasteiger partial charge < -0.3 is 23.7 Å². The second kappa shape index (κ2) is 6.59. The van der Waals surface area contributed by atoms with E-state index in [0.717, 1.165) is 0 Å². The van der Waals surface area contributed by atoms with Crippen LogP contribution in [-0.4, -0.2) is 41.3 Å². The highest BCUT2D eigenvalue weighted by atomic mass is 32.2. The summed E-state index contributed by atoms with van der Waals surface area (Å²) >= 11 is 0. The summed E-state index contributed by atoms with van der Waals surface area (Å²) in [5.41, 5.74) is 1.93. The molecule has 2 aliphatic heterocycles. The fraction of sp³-hybridized carbons (Fsp3) is 0.333. The fourth-order valence-electron chi connectivity index (χ4n) is 3.62. The third-order valence-corrected chi connectivity index (χ3v) is 6.62. The Morgan fingerprint density at radius 3 is 2.03 bits per heavy atom. The van der Waals surface area contributed by atoms with Gasteiger partial charge in [0.25, 0.3) is 0 Å². The van der Waals surface area contributed by atoms with Crippen LogP contribution in [0.25, 0.3) is 10.5 Å². The SMILES string of the molecule is COc1cc(C2=C(c3ccc4c(c3)OC(C)(C)O4)S(=O)(=O)C2)cc(OC)c1OC. The minimum absolute atomic E-state index is 0.0685. The lowest BCUT2D eigenvalue weighted by atomic mass is 10.0. The second-order valence-corrected chi connectivity index (χ2v) is 9.17. The third-order valence-electron chi connectivity index (χ3n) is 4.85. The average molecular weight is 418 g/mol. The van der Waals surface area contributed by atoms with Crippen molar-refractivity contribution in [2.45, 2.75) is 19.6 Å². The first-order chi connectivity index (χ1) is 13.7. The van der Waals surface area contributed by atoms with Gasteiger partial charge in [-0.25, -0.2) is 8.42 Å². The molecule has 8 heteroatoms. The lowest BCUT2D eigenvalue weighted by Gasteiger charge is -2.26. The van der Waals surface area contributed by atoms with Crippen LogP contribution in [0, 0.1) is 0 Å². The van der Waals surface area contributed by atoms with Crippen molar-refractivity contribution in [2.75, 3.05) is 27.1 Å². The first-order valence-electron chi connectivity index (χ1n) is 8.98. The maximum atomic E-state index is 12.6. The van der Waals surface area contributed by atoms with Crippen molar-refractivity contribution in [1.29, 1.82) is 0 Å². The molecule has 0 N–H and O–H groups in total. The molecule has 2 aromatic carbocycles. The van der Waals surface area contributed by atoms with E-state index in [-0.39, 0.29) is 10.7 Å². The molecule has 0 unspecified atom stereocenters. The van der Waals surface area contributed by atoms with Crippen molar-refractivity contribution in [3.63, 3.8) is 0 Å². The number of benzene rings is 2. The van der Waals surface area contributed by atoms with Crippen LogP contribution in [0.5, 0.6) is 28.7 Å². The molecule has 0 radical (unpaired) electrons. The predicted octanol–water partition coefficient (Wildman–Crippen LogP) is 3.52. The Labute approximate surface area is 169 Å². The van der Waals surface area contributed by atoms with Crippen LogP contribution in [0.15, 0.2) is 30.3 Å². The van der Waals surface area contributed by atoms with Gasteiger partial charge in [0.1, 0.15) is 0 Å². The topological polar surface area (TPSA) is 80.3 Å². The Morgan fingerprint density at radius 1 is 0.862 bits per heavy atom. The maximum Gasteiger partial charge on any atom is 0.246 e. The minimum atomic E-state index is -3.40. The van der Waals surface area contributed by atoms with E-state index in [0.29, 0.717) is 45.4 Å². The molecule has 0 spiro atoms. The van der Waals surface area contributed by atoms with Crippen molar-refractivity contribution in [3.8, 4) is 28.7 Å². The van der Waals surface area contributed by atoms with Gasteiger partial charge in [-0.2, -0.15) is 0 Å². The number of hydrogen-bond acceptors (Lipinski definition) is 7. The zero-order valence-corrected chi connectivity index (χ0v) is 17.7. The zero-order valence-electron chi connectivity index (χ0n) is 16.9. The van der Waals surface area contributed by atoms with Crippen LogP contribution in [0.4, 0.5) is 0 Å². The number of rotatable bonds is 5. The normalized spacial score (nSPS) is 18.2. The van der Waals surface area contributed by atoms with E-state index in [1.807, 2.05) is 0 Å². The van der Waals surface area contributed by atoms with Gasteiger partial charge in [-0.15, -0.1) is 0 Å². The van der Waals surface area contributed by atoms with Crippen LogP contribution >= 0.6 is 0 Å². The Hall–Kier alpha value is -2.87. The van der Waals surface area contributed by atoms with E-state index >= 15 is 0 Å². The predicted molar refractivity (Wildman–Crippen MR) is 108 cm³/mol. The molecule has 7 nitrogen and oxygen atoms in total. The van der Waals surface area contributed by atoms with Crippen LogP contribution in [0.3, 0.4) is 0 Å². The molecular formula is C21H22O7S. The molecule has 0 saturated heterocycles. The molecule has 0 amide bonds. The van der Waals surface area contributed by atoms with E-state index in [4.69, 9.17) is 23.7 Å². The van der Waals surface area contributed by atoms with Gasteiger partial charge in [0.2, 0.25) is 11.5 Å². The Balaban J connectivity index is 1.86. The molecule has 2 heterocycles. The number of sulfone groups is 1. The fourth-order valence-corrected chi connectivity index (χ4v) is 5.26. The third kappa shape index (κ3) is 3.17. The summed E-state index contributed by atoms with van der Waals surface area (Å²) in [5.74, 6) is 1.63. The summed E-state index contributed by atoms with van der Waals surface area (Å²) in [7, 11) is 1.16. The lowest BCUT2D eigenvalue weighted by molar-refractivity contribution is -0.0431. The van der Waals surface area contributed by atoms with Crippen molar-refractivity contribution >= 4 is 20.3 Å². The van der Waals surface area contributed by atoms with Crippen molar-refractivity contribution in [1.82, 2.24) is 0 Å². The van der Waals surface area contributed by atoms with Gasteiger partial charge in [-0.3, -0.25) is 0 Å². The molecule has 0 bridgehead atoms. The highest BCUT2D eigenvalue weighted by Gasteiger charge is 2.38. The number of ether oxygens (including phenoxy) is 5. The standard InChI is InChI=1S/C21H22O7S/c1-21(2)27-15-7-6-12(8-16(15)28-21)20-14(11-29(20,22)23)13-9-17(24-3)19(26-5)18(10-13)25-4/h6-10H,11H2,1-5H3. The summed E-state index contributed by atoms with van der Waals surface area (Å²) in [6.45, 7) is 3.60. The van der Waals surface area contributed by atoms with Gasteiger partial charge in [-0.1, -0.05) is 0 Å². The first kappa shape index (κ1) is 19.4. The molecule has 0 atom stereocenters. The summed E-state index contributed by atoms with van der Waals surface area (Å²) in [5, 5.41) is 0. The highest BCUT2D eigenvalue weighted by Crippen LogP contribution is 2.48.